The average molecular weight is 448 g/mol. The molecule has 0 saturated carbocycles. The van der Waals surface area contributed by atoms with Gasteiger partial charge in [0.1, 0.15) is 18.2 Å². The lowest BCUT2D eigenvalue weighted by molar-refractivity contribution is 0.113. The maximum Gasteiger partial charge on any atom is 0.123 e. The van der Waals surface area contributed by atoms with Crippen LogP contribution in [0.2, 0.25) is 5.02 Å². The highest BCUT2D eigenvalue weighted by molar-refractivity contribution is 6.31. The molecule has 1 heterocycles. The van der Waals surface area contributed by atoms with E-state index in [0.717, 1.165) is 62.7 Å². The van der Waals surface area contributed by atoms with Crippen LogP contribution in [0.3, 0.4) is 0 Å². The Balaban J connectivity index is 1.38. The van der Waals surface area contributed by atoms with Gasteiger partial charge in [-0.05, 0) is 61.2 Å². The molecule has 3 rings (SSSR count). The summed E-state index contributed by atoms with van der Waals surface area (Å²) in [7, 11) is 0. The van der Waals surface area contributed by atoms with E-state index in [-0.39, 0.29) is 5.82 Å². The van der Waals surface area contributed by atoms with Crippen LogP contribution in [-0.2, 0) is 5.54 Å². The highest BCUT2D eigenvalue weighted by atomic mass is 35.5. The van der Waals surface area contributed by atoms with Crippen LogP contribution in [0.5, 0.6) is 5.75 Å². The largest absolute Gasteiger partial charge is 0.492 e. The molecule has 1 atom stereocenters. The Morgan fingerprint density at radius 1 is 1.00 bits per heavy atom. The summed E-state index contributed by atoms with van der Waals surface area (Å²) in [6.07, 6.45) is 1.97. The van der Waals surface area contributed by atoms with Crippen molar-refractivity contribution in [1.29, 1.82) is 0 Å². The van der Waals surface area contributed by atoms with E-state index in [1.54, 1.807) is 12.1 Å². The van der Waals surface area contributed by atoms with Gasteiger partial charge in [0.2, 0.25) is 0 Å². The molecule has 31 heavy (non-hydrogen) atoms. The van der Waals surface area contributed by atoms with E-state index in [1.807, 2.05) is 18.2 Å². The molecule has 2 aromatic carbocycles. The van der Waals surface area contributed by atoms with Gasteiger partial charge < -0.3 is 15.4 Å². The Hall–Kier alpha value is -1.66. The van der Waals surface area contributed by atoms with Crippen molar-refractivity contribution in [1.82, 2.24) is 9.80 Å². The van der Waals surface area contributed by atoms with Gasteiger partial charge in [-0.1, -0.05) is 43.6 Å². The summed E-state index contributed by atoms with van der Waals surface area (Å²) in [6, 6.07) is 14.2. The molecular weight excluding hydrogens is 413 g/mol. The lowest BCUT2D eigenvalue weighted by atomic mass is 9.77. The number of hydrogen-bond donors (Lipinski definition) is 1. The van der Waals surface area contributed by atoms with E-state index in [0.29, 0.717) is 18.3 Å². The van der Waals surface area contributed by atoms with Crippen LogP contribution < -0.4 is 10.5 Å². The number of benzene rings is 2. The minimum Gasteiger partial charge on any atom is -0.492 e. The lowest BCUT2D eigenvalue weighted by Gasteiger charge is -2.37. The SMILES string of the molecule is CC(C)C(N)(CCCN1CCN(CCOc2ccc(F)cc2)CC1)c1ccccc1Cl. The van der Waals surface area contributed by atoms with E-state index in [9.17, 15) is 4.39 Å². The second-order valence-electron chi connectivity index (χ2n) is 8.76. The average Bonchev–Trinajstić information content (AvgIpc) is 2.76. The summed E-state index contributed by atoms with van der Waals surface area (Å²) in [5.41, 5.74) is 7.51. The fourth-order valence-electron chi connectivity index (χ4n) is 4.23. The van der Waals surface area contributed by atoms with Gasteiger partial charge >= 0.3 is 0 Å². The molecule has 6 heteroatoms. The van der Waals surface area contributed by atoms with Gasteiger partial charge in [0.25, 0.3) is 0 Å². The van der Waals surface area contributed by atoms with Crippen molar-refractivity contribution in [2.75, 3.05) is 45.9 Å². The van der Waals surface area contributed by atoms with Crippen molar-refractivity contribution >= 4 is 11.6 Å². The maximum atomic E-state index is 13.0. The maximum absolute atomic E-state index is 13.0. The number of halogens is 2. The van der Waals surface area contributed by atoms with Gasteiger partial charge in [-0.25, -0.2) is 4.39 Å². The van der Waals surface area contributed by atoms with Crippen molar-refractivity contribution in [3.63, 3.8) is 0 Å². The summed E-state index contributed by atoms with van der Waals surface area (Å²) >= 11 is 6.46. The summed E-state index contributed by atoms with van der Waals surface area (Å²) in [5, 5.41) is 0.759. The second-order valence-corrected chi connectivity index (χ2v) is 9.17. The van der Waals surface area contributed by atoms with E-state index in [2.05, 4.69) is 29.7 Å². The fraction of sp³-hybridized carbons (Fsp3) is 0.520. The standard InChI is InChI=1S/C25H35ClFN3O/c1-20(2)25(28,23-6-3-4-7-24(23)26)12-5-13-29-14-16-30(17-15-29)18-19-31-22-10-8-21(27)9-11-22/h3-4,6-11,20H,5,12-19,28H2,1-2H3. The van der Waals surface area contributed by atoms with Crippen LogP contribution in [0.1, 0.15) is 32.3 Å². The number of nitrogens with two attached hydrogens (primary N) is 1. The third-order valence-electron chi connectivity index (χ3n) is 6.43. The van der Waals surface area contributed by atoms with Crippen LogP contribution in [0.4, 0.5) is 4.39 Å². The predicted octanol–water partition coefficient (Wildman–Crippen LogP) is 4.77. The quantitative estimate of drug-likeness (QED) is 0.569. The Labute approximate surface area is 191 Å². The third kappa shape index (κ3) is 6.66. The van der Waals surface area contributed by atoms with Gasteiger partial charge in [0.05, 0.1) is 0 Å². The smallest absolute Gasteiger partial charge is 0.123 e. The zero-order chi connectivity index (χ0) is 22.3. The first kappa shape index (κ1) is 24.0. The Morgan fingerprint density at radius 3 is 2.23 bits per heavy atom. The van der Waals surface area contributed by atoms with Crippen LogP contribution in [-0.4, -0.2) is 55.7 Å². The monoisotopic (exact) mass is 447 g/mol. The molecule has 2 N–H and O–H groups in total. The molecule has 0 bridgehead atoms. The lowest BCUT2D eigenvalue weighted by Crippen LogP contribution is -2.48. The second kappa shape index (κ2) is 11.3. The first-order chi connectivity index (χ1) is 14.9. The van der Waals surface area contributed by atoms with Gasteiger partial charge in [-0.3, -0.25) is 4.90 Å². The number of ether oxygens (including phenoxy) is 1. The van der Waals surface area contributed by atoms with E-state index >= 15 is 0 Å². The Kier molecular flexibility index (Phi) is 8.73. The first-order valence-electron chi connectivity index (χ1n) is 11.3. The topological polar surface area (TPSA) is 41.7 Å². The molecule has 1 unspecified atom stereocenters. The fourth-order valence-corrected chi connectivity index (χ4v) is 4.54. The van der Waals surface area contributed by atoms with Crippen LogP contribution >= 0.6 is 11.6 Å². The van der Waals surface area contributed by atoms with Crippen molar-refractivity contribution < 1.29 is 9.13 Å². The van der Waals surface area contributed by atoms with Gasteiger partial charge in [0.15, 0.2) is 0 Å². The molecule has 1 saturated heterocycles. The summed E-state index contributed by atoms with van der Waals surface area (Å²) in [6.45, 7) is 11.1. The number of nitrogens with zero attached hydrogens (tertiary/aromatic N) is 2. The first-order valence-corrected chi connectivity index (χ1v) is 11.6. The molecular formula is C25H35ClFN3O. The molecule has 1 aliphatic rings. The zero-order valence-corrected chi connectivity index (χ0v) is 19.5. The van der Waals surface area contributed by atoms with E-state index in [4.69, 9.17) is 22.1 Å². The molecule has 0 aromatic heterocycles. The summed E-state index contributed by atoms with van der Waals surface area (Å²) < 4.78 is 18.7. The molecule has 0 radical (unpaired) electrons. The van der Waals surface area contributed by atoms with Crippen LogP contribution in [0.15, 0.2) is 48.5 Å². The minimum absolute atomic E-state index is 0.240. The van der Waals surface area contributed by atoms with Crippen molar-refractivity contribution in [2.45, 2.75) is 32.2 Å². The molecule has 2 aromatic rings. The highest BCUT2D eigenvalue weighted by Gasteiger charge is 2.32. The van der Waals surface area contributed by atoms with Crippen molar-refractivity contribution in [3.05, 3.63) is 64.9 Å². The van der Waals surface area contributed by atoms with Crippen LogP contribution in [0, 0.1) is 11.7 Å². The number of piperazine rings is 1. The number of hydrogen-bond acceptors (Lipinski definition) is 4. The summed E-state index contributed by atoms with van der Waals surface area (Å²) in [4.78, 5) is 4.94. The molecule has 0 amide bonds. The molecule has 0 aliphatic carbocycles. The van der Waals surface area contributed by atoms with Gasteiger partial charge in [-0.2, -0.15) is 0 Å². The van der Waals surface area contributed by atoms with Crippen molar-refractivity contribution in [3.8, 4) is 5.75 Å². The molecule has 170 valence electrons. The molecule has 4 nitrogen and oxygen atoms in total. The Bertz CT molecular complexity index is 809. The zero-order valence-electron chi connectivity index (χ0n) is 18.7. The van der Waals surface area contributed by atoms with Gasteiger partial charge in [0, 0.05) is 43.3 Å². The third-order valence-corrected chi connectivity index (χ3v) is 6.75. The highest BCUT2D eigenvalue weighted by Crippen LogP contribution is 2.35. The Morgan fingerprint density at radius 2 is 1.61 bits per heavy atom. The molecule has 1 fully saturated rings. The number of rotatable bonds is 10. The normalized spacial score (nSPS) is 17.6. The molecule has 0 spiro atoms. The minimum atomic E-state index is -0.405. The van der Waals surface area contributed by atoms with E-state index < -0.39 is 5.54 Å². The predicted molar refractivity (Wildman–Crippen MR) is 126 cm³/mol. The van der Waals surface area contributed by atoms with Crippen molar-refractivity contribution in [2.24, 2.45) is 11.7 Å². The van der Waals surface area contributed by atoms with E-state index in [1.165, 1.54) is 12.1 Å². The molecule has 1 aliphatic heterocycles. The van der Waals surface area contributed by atoms with Gasteiger partial charge in [-0.15, -0.1) is 0 Å². The summed E-state index contributed by atoms with van der Waals surface area (Å²) in [5.74, 6) is 0.787. The van der Waals surface area contributed by atoms with Crippen LogP contribution in [0.25, 0.3) is 0 Å².